The van der Waals surface area contributed by atoms with E-state index in [0.29, 0.717) is 49.3 Å². The fourth-order valence-corrected chi connectivity index (χ4v) is 4.10. The molecule has 8 nitrogen and oxygen atoms in total. The molecule has 4 rings (SSSR count). The third-order valence-corrected chi connectivity index (χ3v) is 5.96. The molecule has 0 unspecified atom stereocenters. The number of hydrogen-bond donors (Lipinski definition) is 0. The number of aromatic nitrogens is 2. The molecule has 0 aliphatic carbocycles. The van der Waals surface area contributed by atoms with Gasteiger partial charge in [-0.2, -0.15) is 4.98 Å². The molecule has 2 aromatic heterocycles. The summed E-state index contributed by atoms with van der Waals surface area (Å²) >= 11 is 1.59. The SMILES string of the molecule is COc1ccc(CC(=O)N2CCN(Cc3nc(-c4cccs4)no3)CC2)cc1OC. The number of carbonyl (C=O) groups excluding carboxylic acids is 1. The van der Waals surface area contributed by atoms with Crippen LogP contribution in [0.15, 0.2) is 40.2 Å². The van der Waals surface area contributed by atoms with Crippen LogP contribution in [0.4, 0.5) is 0 Å². The molecule has 158 valence electrons. The number of amides is 1. The lowest BCUT2D eigenvalue weighted by atomic mass is 10.1. The maximum atomic E-state index is 12.7. The zero-order valence-corrected chi connectivity index (χ0v) is 17.9. The third-order valence-electron chi connectivity index (χ3n) is 5.10. The van der Waals surface area contributed by atoms with E-state index in [1.807, 2.05) is 40.6 Å². The molecule has 0 radical (unpaired) electrons. The Balaban J connectivity index is 1.28. The van der Waals surface area contributed by atoms with E-state index in [9.17, 15) is 4.79 Å². The van der Waals surface area contributed by atoms with Crippen molar-refractivity contribution in [2.24, 2.45) is 0 Å². The Bertz CT molecular complexity index is 981. The highest BCUT2D eigenvalue weighted by molar-refractivity contribution is 7.13. The predicted molar refractivity (Wildman–Crippen MR) is 113 cm³/mol. The fraction of sp³-hybridized carbons (Fsp3) is 0.381. The number of thiophene rings is 1. The summed E-state index contributed by atoms with van der Waals surface area (Å²) in [6.45, 7) is 3.49. The Morgan fingerprint density at radius 3 is 2.63 bits per heavy atom. The topological polar surface area (TPSA) is 80.9 Å². The summed E-state index contributed by atoms with van der Waals surface area (Å²) < 4.78 is 16.0. The standard InChI is InChI=1S/C21H24N4O4S/c1-27-16-6-5-15(12-17(16)28-2)13-20(26)25-9-7-24(8-10-25)14-19-22-21(23-29-19)18-4-3-11-30-18/h3-6,11-12H,7-10,13-14H2,1-2H3. The first-order chi connectivity index (χ1) is 14.7. The maximum absolute atomic E-state index is 12.7. The highest BCUT2D eigenvalue weighted by atomic mass is 32.1. The number of benzene rings is 1. The minimum Gasteiger partial charge on any atom is -0.493 e. The molecule has 9 heteroatoms. The molecule has 0 bridgehead atoms. The quantitative estimate of drug-likeness (QED) is 0.572. The Labute approximate surface area is 179 Å². The molecule has 1 aromatic carbocycles. The Morgan fingerprint density at radius 2 is 1.93 bits per heavy atom. The summed E-state index contributed by atoms with van der Waals surface area (Å²) in [7, 11) is 3.19. The number of rotatable bonds is 7. The van der Waals surface area contributed by atoms with Crippen molar-refractivity contribution in [3.8, 4) is 22.2 Å². The Hall–Kier alpha value is -2.91. The minimum atomic E-state index is 0.111. The van der Waals surface area contributed by atoms with Crippen LogP contribution in [0.5, 0.6) is 11.5 Å². The molecule has 0 N–H and O–H groups in total. The van der Waals surface area contributed by atoms with Crippen LogP contribution in [-0.2, 0) is 17.8 Å². The number of hydrogen-bond acceptors (Lipinski definition) is 8. The number of carbonyl (C=O) groups is 1. The normalized spacial score (nSPS) is 14.7. The van der Waals surface area contributed by atoms with Crippen LogP contribution in [0.2, 0.25) is 0 Å². The first-order valence-corrected chi connectivity index (χ1v) is 10.6. The summed E-state index contributed by atoms with van der Waals surface area (Å²) in [5, 5.41) is 6.04. The highest BCUT2D eigenvalue weighted by Crippen LogP contribution is 2.28. The van der Waals surface area contributed by atoms with E-state index >= 15 is 0 Å². The average Bonchev–Trinajstić information content (AvgIpc) is 3.46. The van der Waals surface area contributed by atoms with Crippen LogP contribution in [0, 0.1) is 0 Å². The van der Waals surface area contributed by atoms with Crippen molar-refractivity contribution in [1.29, 1.82) is 0 Å². The number of piperazine rings is 1. The Morgan fingerprint density at radius 1 is 1.13 bits per heavy atom. The van der Waals surface area contributed by atoms with Crippen LogP contribution >= 0.6 is 11.3 Å². The van der Waals surface area contributed by atoms with E-state index in [0.717, 1.165) is 23.5 Å². The summed E-state index contributed by atoms with van der Waals surface area (Å²) in [5.74, 6) is 2.63. The van der Waals surface area contributed by atoms with E-state index in [1.165, 1.54) is 0 Å². The maximum Gasteiger partial charge on any atom is 0.241 e. The van der Waals surface area contributed by atoms with E-state index in [2.05, 4.69) is 15.0 Å². The van der Waals surface area contributed by atoms with Gasteiger partial charge in [0.1, 0.15) is 0 Å². The molecular weight excluding hydrogens is 404 g/mol. The van der Waals surface area contributed by atoms with Crippen molar-refractivity contribution in [3.63, 3.8) is 0 Å². The molecule has 1 saturated heterocycles. The monoisotopic (exact) mass is 428 g/mol. The van der Waals surface area contributed by atoms with Gasteiger partial charge in [0.15, 0.2) is 11.5 Å². The largest absolute Gasteiger partial charge is 0.493 e. The van der Waals surface area contributed by atoms with Crippen LogP contribution in [-0.4, -0.2) is 66.2 Å². The summed E-state index contributed by atoms with van der Waals surface area (Å²) in [6.07, 6.45) is 0.341. The first-order valence-electron chi connectivity index (χ1n) is 9.73. The Kier molecular flexibility index (Phi) is 6.29. The minimum absolute atomic E-state index is 0.111. The van der Waals surface area contributed by atoms with Crippen molar-refractivity contribution in [1.82, 2.24) is 19.9 Å². The first kappa shape index (κ1) is 20.4. The van der Waals surface area contributed by atoms with Gasteiger partial charge in [-0.1, -0.05) is 17.3 Å². The third kappa shape index (κ3) is 4.63. The predicted octanol–water partition coefficient (Wildman–Crippen LogP) is 2.70. The van der Waals surface area contributed by atoms with Gasteiger partial charge in [-0.25, -0.2) is 0 Å². The zero-order chi connectivity index (χ0) is 20.9. The van der Waals surface area contributed by atoms with Gasteiger partial charge in [0, 0.05) is 26.2 Å². The molecule has 3 aromatic rings. The van der Waals surface area contributed by atoms with Gasteiger partial charge in [-0.15, -0.1) is 11.3 Å². The van der Waals surface area contributed by atoms with E-state index < -0.39 is 0 Å². The van der Waals surface area contributed by atoms with Crippen LogP contribution < -0.4 is 9.47 Å². The van der Waals surface area contributed by atoms with Gasteiger partial charge >= 0.3 is 0 Å². The van der Waals surface area contributed by atoms with Gasteiger partial charge in [-0.05, 0) is 29.1 Å². The number of ether oxygens (including phenoxy) is 2. The molecule has 0 atom stereocenters. The molecule has 1 aliphatic heterocycles. The molecule has 0 saturated carbocycles. The van der Waals surface area contributed by atoms with Gasteiger partial charge < -0.3 is 18.9 Å². The van der Waals surface area contributed by atoms with Crippen LogP contribution in [0.25, 0.3) is 10.7 Å². The number of methoxy groups -OCH3 is 2. The van der Waals surface area contributed by atoms with Crippen molar-refractivity contribution in [2.45, 2.75) is 13.0 Å². The molecule has 0 spiro atoms. The fourth-order valence-electron chi connectivity index (χ4n) is 3.45. The second kappa shape index (κ2) is 9.27. The lowest BCUT2D eigenvalue weighted by Crippen LogP contribution is -2.48. The van der Waals surface area contributed by atoms with E-state index in [-0.39, 0.29) is 5.91 Å². The molecule has 30 heavy (non-hydrogen) atoms. The van der Waals surface area contributed by atoms with Gasteiger partial charge in [0.2, 0.25) is 17.6 Å². The van der Waals surface area contributed by atoms with E-state index in [4.69, 9.17) is 14.0 Å². The molecular formula is C21H24N4O4S. The number of nitrogens with zero attached hydrogens (tertiary/aromatic N) is 4. The van der Waals surface area contributed by atoms with Gasteiger partial charge in [-0.3, -0.25) is 9.69 Å². The van der Waals surface area contributed by atoms with Crippen molar-refractivity contribution >= 4 is 17.2 Å². The van der Waals surface area contributed by atoms with E-state index in [1.54, 1.807) is 25.6 Å². The van der Waals surface area contributed by atoms with Gasteiger partial charge in [0.05, 0.1) is 32.1 Å². The summed E-state index contributed by atoms with van der Waals surface area (Å²) in [4.78, 5) is 22.3. The molecule has 1 aliphatic rings. The average molecular weight is 429 g/mol. The van der Waals surface area contributed by atoms with Crippen LogP contribution in [0.1, 0.15) is 11.5 Å². The van der Waals surface area contributed by atoms with Crippen molar-refractivity contribution in [2.75, 3.05) is 40.4 Å². The van der Waals surface area contributed by atoms with Crippen molar-refractivity contribution in [3.05, 3.63) is 47.2 Å². The lowest BCUT2D eigenvalue weighted by molar-refractivity contribution is -0.132. The van der Waals surface area contributed by atoms with Gasteiger partial charge in [0.25, 0.3) is 0 Å². The smallest absolute Gasteiger partial charge is 0.241 e. The molecule has 1 fully saturated rings. The second-order valence-electron chi connectivity index (χ2n) is 7.01. The highest BCUT2D eigenvalue weighted by Gasteiger charge is 2.23. The zero-order valence-electron chi connectivity index (χ0n) is 17.0. The lowest BCUT2D eigenvalue weighted by Gasteiger charge is -2.34. The summed E-state index contributed by atoms with van der Waals surface area (Å²) in [5.41, 5.74) is 0.909. The molecule has 3 heterocycles. The van der Waals surface area contributed by atoms with Crippen LogP contribution in [0.3, 0.4) is 0 Å². The van der Waals surface area contributed by atoms with Crippen molar-refractivity contribution < 1.29 is 18.8 Å². The molecule has 1 amide bonds. The summed E-state index contributed by atoms with van der Waals surface area (Å²) in [6, 6.07) is 9.52. The second-order valence-corrected chi connectivity index (χ2v) is 7.96.